The molecule has 1 aliphatic heterocycles. The van der Waals surface area contributed by atoms with Crippen LogP contribution in [-0.2, 0) is 0 Å². The third kappa shape index (κ3) is 3.47. The molecule has 0 saturated carbocycles. The molecule has 0 unspecified atom stereocenters. The standard InChI is InChI=1S/C10H10.C4H10N2/c1-2-6-10-8-4-3-7-9(10)5-1;1-2-6-4-3-5-1/h1-2,5-8H,3-4H2;5-6H,1-4H2. The van der Waals surface area contributed by atoms with Crippen molar-refractivity contribution in [1.82, 2.24) is 10.6 Å². The summed E-state index contributed by atoms with van der Waals surface area (Å²) >= 11 is 0. The van der Waals surface area contributed by atoms with Gasteiger partial charge in [0.2, 0.25) is 0 Å². The summed E-state index contributed by atoms with van der Waals surface area (Å²) in [6.45, 7) is 4.56. The van der Waals surface area contributed by atoms with Gasteiger partial charge in [-0.25, -0.2) is 0 Å². The molecule has 2 heteroatoms. The van der Waals surface area contributed by atoms with Crippen molar-refractivity contribution in [2.24, 2.45) is 0 Å². The summed E-state index contributed by atoms with van der Waals surface area (Å²) in [6, 6.07) is 8.53. The van der Waals surface area contributed by atoms with Crippen molar-refractivity contribution in [1.29, 1.82) is 0 Å². The van der Waals surface area contributed by atoms with Gasteiger partial charge in [-0.3, -0.25) is 0 Å². The fourth-order valence-corrected chi connectivity index (χ4v) is 1.96. The lowest BCUT2D eigenvalue weighted by atomic mass is 10.1. The Morgan fingerprint density at radius 1 is 0.688 bits per heavy atom. The Morgan fingerprint density at radius 3 is 1.50 bits per heavy atom. The Labute approximate surface area is 97.1 Å². The van der Waals surface area contributed by atoms with E-state index in [1.165, 1.54) is 23.3 Å². The van der Waals surface area contributed by atoms with E-state index < -0.39 is 0 Å². The summed E-state index contributed by atoms with van der Waals surface area (Å²) in [5.74, 6) is 0. The summed E-state index contributed by atoms with van der Waals surface area (Å²) in [5, 5.41) is 9.24. The zero-order valence-corrected chi connectivity index (χ0v) is 9.71. The molecule has 2 N–H and O–H groups in total. The molecular formula is C14H20N2. The molecule has 1 aromatic carbocycles. The second-order valence-electron chi connectivity index (χ2n) is 4.11. The summed E-state index contributed by atoms with van der Waals surface area (Å²) in [5.41, 5.74) is 0. The normalized spacial score (nSPS) is 18.2. The van der Waals surface area contributed by atoms with Crippen LogP contribution in [0.5, 0.6) is 0 Å². The van der Waals surface area contributed by atoms with Crippen LogP contribution in [0.3, 0.4) is 0 Å². The maximum atomic E-state index is 3.22. The van der Waals surface area contributed by atoms with E-state index in [4.69, 9.17) is 0 Å². The van der Waals surface area contributed by atoms with E-state index in [1.54, 1.807) is 0 Å². The topological polar surface area (TPSA) is 24.1 Å². The molecule has 1 aliphatic carbocycles. The van der Waals surface area contributed by atoms with Crippen molar-refractivity contribution in [2.45, 2.75) is 12.8 Å². The number of nitrogens with one attached hydrogen (secondary N) is 2. The second kappa shape index (κ2) is 6.46. The van der Waals surface area contributed by atoms with Gasteiger partial charge < -0.3 is 10.6 Å². The molecule has 0 aromatic heterocycles. The third-order valence-electron chi connectivity index (χ3n) is 2.85. The largest absolute Gasteiger partial charge is 0.314 e. The van der Waals surface area contributed by atoms with Crippen molar-refractivity contribution < 1.29 is 0 Å². The minimum absolute atomic E-state index is 1.14. The molecule has 0 amide bonds. The lowest BCUT2D eigenvalue weighted by molar-refractivity contribution is 0.534. The maximum Gasteiger partial charge on any atom is 0.00772 e. The summed E-state index contributed by atoms with van der Waals surface area (Å²) in [6.07, 6.45) is 7.01. The average Bonchev–Trinajstić information content (AvgIpc) is 2.42. The molecule has 2 aliphatic rings. The van der Waals surface area contributed by atoms with Crippen molar-refractivity contribution >= 4 is 12.2 Å². The molecule has 1 fully saturated rings. The van der Waals surface area contributed by atoms with Crippen LogP contribution in [0.1, 0.15) is 12.8 Å². The zero-order chi connectivity index (χ0) is 11.1. The van der Waals surface area contributed by atoms with Gasteiger partial charge in [0.05, 0.1) is 0 Å². The third-order valence-corrected chi connectivity index (χ3v) is 2.85. The van der Waals surface area contributed by atoms with Gasteiger partial charge in [0.15, 0.2) is 0 Å². The molecule has 16 heavy (non-hydrogen) atoms. The van der Waals surface area contributed by atoms with Gasteiger partial charge in [-0.15, -0.1) is 0 Å². The number of hydrogen-bond acceptors (Lipinski definition) is 2. The Hall–Kier alpha value is -1.12. The molecule has 0 spiro atoms. The predicted octanol–water partition coefficient (Wildman–Crippen LogP) is 0.221. The molecule has 1 heterocycles. The van der Waals surface area contributed by atoms with Gasteiger partial charge in [-0.05, 0) is 23.3 Å². The first-order chi connectivity index (χ1) is 7.97. The molecule has 0 atom stereocenters. The Morgan fingerprint density at radius 2 is 1.12 bits per heavy atom. The van der Waals surface area contributed by atoms with E-state index in [0.717, 1.165) is 26.2 Å². The quantitative estimate of drug-likeness (QED) is 0.648. The minimum Gasteiger partial charge on any atom is -0.314 e. The van der Waals surface area contributed by atoms with Gasteiger partial charge >= 0.3 is 0 Å². The molecule has 3 rings (SSSR count). The first-order valence-corrected chi connectivity index (χ1v) is 6.14. The molecule has 0 radical (unpaired) electrons. The highest BCUT2D eigenvalue weighted by Gasteiger charge is 1.91. The SMILES string of the molecule is C1=c2ccccc2=CCC1.C1CNCCN1. The van der Waals surface area contributed by atoms with E-state index in [-0.39, 0.29) is 0 Å². The summed E-state index contributed by atoms with van der Waals surface area (Å²) in [4.78, 5) is 0. The highest BCUT2D eigenvalue weighted by molar-refractivity contribution is 5.37. The zero-order valence-electron chi connectivity index (χ0n) is 9.71. The van der Waals surface area contributed by atoms with Crippen LogP contribution in [0.15, 0.2) is 24.3 Å². The van der Waals surface area contributed by atoms with E-state index >= 15 is 0 Å². The molecule has 1 saturated heterocycles. The average molecular weight is 216 g/mol. The van der Waals surface area contributed by atoms with E-state index in [9.17, 15) is 0 Å². The highest BCUT2D eigenvalue weighted by Crippen LogP contribution is 1.93. The second-order valence-corrected chi connectivity index (χ2v) is 4.11. The van der Waals surface area contributed by atoms with Gasteiger partial charge in [0.1, 0.15) is 0 Å². The Bertz CT molecular complexity index is 372. The molecule has 2 nitrogen and oxygen atoms in total. The molecular weight excluding hydrogens is 196 g/mol. The van der Waals surface area contributed by atoms with Crippen LogP contribution in [0, 0.1) is 0 Å². The first kappa shape index (κ1) is 11.4. The highest BCUT2D eigenvalue weighted by atomic mass is 15.0. The van der Waals surface area contributed by atoms with Crippen LogP contribution >= 0.6 is 0 Å². The summed E-state index contributed by atoms with van der Waals surface area (Å²) < 4.78 is 0. The molecule has 0 bridgehead atoms. The van der Waals surface area contributed by atoms with Crippen LogP contribution in [0.4, 0.5) is 0 Å². The Kier molecular flexibility index (Phi) is 4.59. The smallest absolute Gasteiger partial charge is 0.00772 e. The first-order valence-electron chi connectivity index (χ1n) is 6.14. The minimum atomic E-state index is 1.14. The van der Waals surface area contributed by atoms with Gasteiger partial charge in [-0.1, -0.05) is 36.4 Å². The van der Waals surface area contributed by atoms with Crippen molar-refractivity contribution in [3.8, 4) is 0 Å². The van der Waals surface area contributed by atoms with Gasteiger partial charge in [0, 0.05) is 26.2 Å². The van der Waals surface area contributed by atoms with E-state index in [1.807, 2.05) is 0 Å². The van der Waals surface area contributed by atoms with Crippen LogP contribution < -0.4 is 21.1 Å². The number of piperazine rings is 1. The van der Waals surface area contributed by atoms with E-state index in [2.05, 4.69) is 47.1 Å². The van der Waals surface area contributed by atoms with Crippen LogP contribution in [0.2, 0.25) is 0 Å². The Balaban J connectivity index is 0.000000138. The number of rotatable bonds is 0. The number of benzene rings is 1. The van der Waals surface area contributed by atoms with Crippen molar-refractivity contribution in [2.75, 3.05) is 26.2 Å². The lowest BCUT2D eigenvalue weighted by Crippen LogP contribution is -2.39. The molecule has 86 valence electrons. The van der Waals surface area contributed by atoms with Crippen molar-refractivity contribution in [3.05, 3.63) is 34.7 Å². The van der Waals surface area contributed by atoms with Gasteiger partial charge in [-0.2, -0.15) is 0 Å². The molecule has 1 aromatic rings. The maximum absolute atomic E-state index is 3.22. The van der Waals surface area contributed by atoms with Gasteiger partial charge in [0.25, 0.3) is 0 Å². The van der Waals surface area contributed by atoms with E-state index in [0.29, 0.717) is 0 Å². The fraction of sp³-hybridized carbons (Fsp3) is 0.429. The lowest BCUT2D eigenvalue weighted by Gasteiger charge is -2.11. The fourth-order valence-electron chi connectivity index (χ4n) is 1.96. The van der Waals surface area contributed by atoms with Crippen LogP contribution in [0.25, 0.3) is 12.2 Å². The van der Waals surface area contributed by atoms with Crippen molar-refractivity contribution in [3.63, 3.8) is 0 Å². The van der Waals surface area contributed by atoms with Crippen LogP contribution in [-0.4, -0.2) is 26.2 Å². The summed E-state index contributed by atoms with van der Waals surface area (Å²) in [7, 11) is 0. The number of fused-ring (bicyclic) bond motifs is 1. The monoisotopic (exact) mass is 216 g/mol. The predicted molar refractivity (Wildman–Crippen MR) is 69.6 cm³/mol. The number of hydrogen-bond donors (Lipinski definition) is 2.